The van der Waals surface area contributed by atoms with Gasteiger partial charge < -0.3 is 14.6 Å². The monoisotopic (exact) mass is 228 g/mol. The number of hydrogen-bond donors (Lipinski definition) is 1. The van der Waals surface area contributed by atoms with Crippen molar-refractivity contribution in [2.24, 2.45) is 0 Å². The molecule has 0 heterocycles. The van der Waals surface area contributed by atoms with Crippen LogP contribution in [0.15, 0.2) is 18.2 Å². The second-order valence-corrected chi connectivity index (χ2v) is 3.06. The maximum atomic E-state index is 11.9. The molecule has 0 aliphatic heterocycles. The molecule has 1 aromatic rings. The van der Waals surface area contributed by atoms with Gasteiger partial charge in [-0.1, -0.05) is 0 Å². The fourth-order valence-corrected chi connectivity index (χ4v) is 1.17. The minimum absolute atomic E-state index is 0.0122. The molecule has 0 spiro atoms. The molecular weight excluding hydrogens is 215 g/mol. The van der Waals surface area contributed by atoms with Gasteiger partial charge in [-0.2, -0.15) is 0 Å². The van der Waals surface area contributed by atoms with Crippen molar-refractivity contribution in [1.82, 2.24) is 0 Å². The van der Waals surface area contributed by atoms with Crippen LogP contribution in [0.2, 0.25) is 0 Å². The summed E-state index contributed by atoms with van der Waals surface area (Å²) in [5, 5.41) is 8.93. The lowest BCUT2D eigenvalue weighted by molar-refractivity contribution is 0.0691. The van der Waals surface area contributed by atoms with Gasteiger partial charge in [0.25, 0.3) is 0 Å². The molecule has 16 heavy (non-hydrogen) atoms. The summed E-state index contributed by atoms with van der Waals surface area (Å²) in [6.07, 6.45) is 0.241. The van der Waals surface area contributed by atoms with Crippen LogP contribution in [0.25, 0.3) is 0 Å². The number of carboxylic acids is 1. The van der Waals surface area contributed by atoms with Crippen molar-refractivity contribution in [2.75, 3.05) is 20.4 Å². The largest absolute Gasteiger partial charge is 0.497 e. The van der Waals surface area contributed by atoms with E-state index in [4.69, 9.17) is 14.6 Å². The van der Waals surface area contributed by atoms with Crippen molar-refractivity contribution in [2.45, 2.75) is 6.42 Å². The van der Waals surface area contributed by atoms with E-state index in [-0.39, 0.29) is 24.3 Å². The molecule has 0 unspecified atom stereocenters. The van der Waals surface area contributed by atoms with Gasteiger partial charge in [0, 0.05) is 6.42 Å². The first-order valence-electron chi connectivity index (χ1n) is 4.79. The Bertz CT molecular complexity index is 365. The Labute approximate surface area is 92.6 Å². The van der Waals surface area contributed by atoms with Gasteiger partial charge >= 0.3 is 5.97 Å². The third-order valence-electron chi connectivity index (χ3n) is 1.95. The van der Waals surface area contributed by atoms with Gasteiger partial charge in [-0.3, -0.25) is 4.39 Å². The van der Waals surface area contributed by atoms with E-state index in [2.05, 4.69) is 0 Å². The minimum Gasteiger partial charge on any atom is -0.497 e. The summed E-state index contributed by atoms with van der Waals surface area (Å²) in [7, 11) is 1.45. The van der Waals surface area contributed by atoms with Crippen LogP contribution in [0, 0.1) is 0 Å². The van der Waals surface area contributed by atoms with E-state index in [1.165, 1.54) is 19.2 Å². The molecule has 0 amide bonds. The van der Waals surface area contributed by atoms with Gasteiger partial charge in [0.15, 0.2) is 0 Å². The summed E-state index contributed by atoms with van der Waals surface area (Å²) in [5.74, 6) is -0.439. The minimum atomic E-state index is -1.10. The van der Waals surface area contributed by atoms with Gasteiger partial charge in [-0.15, -0.1) is 0 Å². The maximum absolute atomic E-state index is 11.9. The van der Waals surface area contributed by atoms with Gasteiger partial charge in [-0.05, 0) is 18.2 Å². The second kappa shape index (κ2) is 5.95. The molecule has 5 heteroatoms. The zero-order valence-corrected chi connectivity index (χ0v) is 8.90. The lowest BCUT2D eigenvalue weighted by atomic mass is 10.2. The summed E-state index contributed by atoms with van der Waals surface area (Å²) >= 11 is 0. The van der Waals surface area contributed by atoms with E-state index in [1.807, 2.05) is 0 Å². The summed E-state index contributed by atoms with van der Waals surface area (Å²) in [5.41, 5.74) is 0.0122. The van der Waals surface area contributed by atoms with Crippen molar-refractivity contribution < 1.29 is 23.8 Å². The second-order valence-electron chi connectivity index (χ2n) is 3.06. The summed E-state index contributed by atoms with van der Waals surface area (Å²) in [6.45, 7) is -0.332. The molecule has 0 aliphatic carbocycles. The summed E-state index contributed by atoms with van der Waals surface area (Å²) in [6, 6.07) is 4.46. The molecule has 4 nitrogen and oxygen atoms in total. The molecule has 0 saturated heterocycles. The Kier molecular flexibility index (Phi) is 4.57. The van der Waals surface area contributed by atoms with Crippen molar-refractivity contribution in [3.05, 3.63) is 23.8 Å². The first-order valence-corrected chi connectivity index (χ1v) is 4.79. The summed E-state index contributed by atoms with van der Waals surface area (Å²) in [4.78, 5) is 10.9. The average molecular weight is 228 g/mol. The molecule has 0 aromatic heterocycles. The number of aromatic carboxylic acids is 1. The van der Waals surface area contributed by atoms with E-state index >= 15 is 0 Å². The average Bonchev–Trinajstić information content (AvgIpc) is 2.29. The van der Waals surface area contributed by atoms with Crippen LogP contribution in [-0.2, 0) is 0 Å². The van der Waals surface area contributed by atoms with Crippen LogP contribution in [0.5, 0.6) is 11.5 Å². The molecule has 0 radical (unpaired) electrons. The van der Waals surface area contributed by atoms with E-state index in [0.717, 1.165) is 0 Å². The Balaban J connectivity index is 2.85. The number of carboxylic acid groups (broad SMARTS) is 1. The molecule has 1 N–H and O–H groups in total. The Hall–Kier alpha value is -1.78. The van der Waals surface area contributed by atoms with E-state index < -0.39 is 12.6 Å². The molecular formula is C11H13FO4. The number of benzene rings is 1. The first-order chi connectivity index (χ1) is 7.69. The Morgan fingerprint density at radius 1 is 1.50 bits per heavy atom. The fourth-order valence-electron chi connectivity index (χ4n) is 1.17. The van der Waals surface area contributed by atoms with Gasteiger partial charge in [0.1, 0.15) is 17.1 Å². The van der Waals surface area contributed by atoms with Crippen LogP contribution < -0.4 is 9.47 Å². The fraction of sp³-hybridized carbons (Fsp3) is 0.364. The molecule has 0 atom stereocenters. The highest BCUT2D eigenvalue weighted by Gasteiger charge is 2.12. The van der Waals surface area contributed by atoms with Crippen LogP contribution in [0.1, 0.15) is 16.8 Å². The predicted molar refractivity (Wildman–Crippen MR) is 56.0 cm³/mol. The number of halogens is 1. The zero-order valence-electron chi connectivity index (χ0n) is 8.90. The van der Waals surface area contributed by atoms with E-state index in [0.29, 0.717) is 5.75 Å². The normalized spacial score (nSPS) is 9.88. The van der Waals surface area contributed by atoms with Crippen LogP contribution in [-0.4, -0.2) is 31.5 Å². The molecule has 1 aromatic carbocycles. The standard InChI is InChI=1S/C11H13FO4/c1-15-8-3-4-10(16-6-2-5-12)9(7-8)11(13)14/h3-4,7H,2,5-6H2,1H3,(H,13,14). The molecule has 1 rings (SSSR count). The molecule has 0 aliphatic rings. The molecule has 0 saturated carbocycles. The third-order valence-corrected chi connectivity index (χ3v) is 1.95. The maximum Gasteiger partial charge on any atom is 0.339 e. The molecule has 88 valence electrons. The topological polar surface area (TPSA) is 55.8 Å². The van der Waals surface area contributed by atoms with Crippen molar-refractivity contribution in [3.63, 3.8) is 0 Å². The van der Waals surface area contributed by atoms with Crippen molar-refractivity contribution >= 4 is 5.97 Å². The van der Waals surface area contributed by atoms with Gasteiger partial charge in [0.2, 0.25) is 0 Å². The lowest BCUT2D eigenvalue weighted by Crippen LogP contribution is -2.05. The number of methoxy groups -OCH3 is 1. The van der Waals surface area contributed by atoms with Crippen LogP contribution in [0.4, 0.5) is 4.39 Å². The molecule has 0 bridgehead atoms. The van der Waals surface area contributed by atoms with Crippen molar-refractivity contribution in [3.8, 4) is 11.5 Å². The van der Waals surface area contributed by atoms with Gasteiger partial charge in [-0.25, -0.2) is 4.79 Å². The van der Waals surface area contributed by atoms with E-state index in [9.17, 15) is 9.18 Å². The highest BCUT2D eigenvalue weighted by atomic mass is 19.1. The number of carbonyl (C=O) groups is 1. The highest BCUT2D eigenvalue weighted by Crippen LogP contribution is 2.24. The van der Waals surface area contributed by atoms with E-state index in [1.54, 1.807) is 6.07 Å². The predicted octanol–water partition coefficient (Wildman–Crippen LogP) is 2.13. The first kappa shape index (κ1) is 12.3. The molecule has 0 fully saturated rings. The Morgan fingerprint density at radius 3 is 2.81 bits per heavy atom. The number of ether oxygens (including phenoxy) is 2. The lowest BCUT2D eigenvalue weighted by Gasteiger charge is -2.09. The van der Waals surface area contributed by atoms with Gasteiger partial charge in [0.05, 0.1) is 20.4 Å². The number of rotatable bonds is 6. The zero-order chi connectivity index (χ0) is 12.0. The quantitative estimate of drug-likeness (QED) is 0.758. The smallest absolute Gasteiger partial charge is 0.339 e. The number of alkyl halides is 1. The van der Waals surface area contributed by atoms with Crippen molar-refractivity contribution in [1.29, 1.82) is 0 Å². The highest BCUT2D eigenvalue weighted by molar-refractivity contribution is 5.91. The third kappa shape index (κ3) is 3.12. The SMILES string of the molecule is COc1ccc(OCCCF)c(C(=O)O)c1. The Morgan fingerprint density at radius 2 is 2.25 bits per heavy atom. The van der Waals surface area contributed by atoms with Crippen LogP contribution in [0.3, 0.4) is 0 Å². The number of hydrogen-bond acceptors (Lipinski definition) is 3. The summed E-state index contributed by atoms with van der Waals surface area (Å²) < 4.78 is 21.9. The van der Waals surface area contributed by atoms with Crippen LogP contribution >= 0.6 is 0 Å².